The van der Waals surface area contributed by atoms with Gasteiger partial charge in [0.2, 0.25) is 10.0 Å². The standard InChI is InChI=1S/C12H17BrN2O4S/c1-8-4-10(13)11(14)5-12(8)20(17,18)15-2-3-19-7-9(15)6-16/h4-5,9,16H,2-3,6-7,14H2,1H3. The average Bonchev–Trinajstić information content (AvgIpc) is 2.42. The Morgan fingerprint density at radius 2 is 2.25 bits per heavy atom. The molecule has 112 valence electrons. The van der Waals surface area contributed by atoms with Gasteiger partial charge in [-0.15, -0.1) is 0 Å². The molecule has 1 aliphatic heterocycles. The summed E-state index contributed by atoms with van der Waals surface area (Å²) < 4.78 is 32.6. The molecule has 2 rings (SSSR count). The van der Waals surface area contributed by atoms with E-state index in [1.54, 1.807) is 13.0 Å². The molecule has 0 amide bonds. The van der Waals surface area contributed by atoms with Gasteiger partial charge in [0.15, 0.2) is 0 Å². The predicted molar refractivity (Wildman–Crippen MR) is 78.9 cm³/mol. The molecule has 0 bridgehead atoms. The van der Waals surface area contributed by atoms with Crippen molar-refractivity contribution in [1.82, 2.24) is 4.31 Å². The minimum atomic E-state index is -3.70. The molecule has 1 aliphatic rings. The minimum absolute atomic E-state index is 0.165. The van der Waals surface area contributed by atoms with Crippen LogP contribution in [0, 0.1) is 6.92 Å². The van der Waals surface area contributed by atoms with E-state index in [-0.39, 0.29) is 24.7 Å². The summed E-state index contributed by atoms with van der Waals surface area (Å²) in [7, 11) is -3.70. The van der Waals surface area contributed by atoms with Crippen molar-refractivity contribution in [2.75, 3.05) is 32.1 Å². The molecule has 3 N–H and O–H groups in total. The molecule has 1 heterocycles. The van der Waals surface area contributed by atoms with Crippen LogP contribution in [0.3, 0.4) is 0 Å². The van der Waals surface area contributed by atoms with Crippen molar-refractivity contribution in [2.24, 2.45) is 0 Å². The number of ether oxygens (including phenoxy) is 1. The molecule has 1 unspecified atom stereocenters. The third kappa shape index (κ3) is 2.84. The number of rotatable bonds is 3. The van der Waals surface area contributed by atoms with Crippen molar-refractivity contribution in [1.29, 1.82) is 0 Å². The van der Waals surface area contributed by atoms with Crippen LogP contribution in [0.5, 0.6) is 0 Å². The van der Waals surface area contributed by atoms with Crippen LogP contribution in [0.4, 0.5) is 5.69 Å². The molecular weight excluding hydrogens is 348 g/mol. The van der Waals surface area contributed by atoms with E-state index in [1.165, 1.54) is 10.4 Å². The van der Waals surface area contributed by atoms with E-state index in [0.29, 0.717) is 22.3 Å². The summed E-state index contributed by atoms with van der Waals surface area (Å²) in [6.45, 7) is 2.18. The average molecular weight is 365 g/mol. The van der Waals surface area contributed by atoms with Crippen LogP contribution in [0.25, 0.3) is 0 Å². The lowest BCUT2D eigenvalue weighted by Gasteiger charge is -2.33. The zero-order valence-corrected chi connectivity index (χ0v) is 13.4. The summed E-state index contributed by atoms with van der Waals surface area (Å²) in [5.41, 5.74) is 6.75. The molecular formula is C12H17BrN2O4S. The number of anilines is 1. The molecule has 20 heavy (non-hydrogen) atoms. The fraction of sp³-hybridized carbons (Fsp3) is 0.500. The zero-order chi connectivity index (χ0) is 14.9. The summed E-state index contributed by atoms with van der Waals surface area (Å²) in [4.78, 5) is 0.165. The van der Waals surface area contributed by atoms with Crippen LogP contribution in [-0.2, 0) is 14.8 Å². The number of nitrogen functional groups attached to an aromatic ring is 1. The molecule has 1 saturated heterocycles. The van der Waals surface area contributed by atoms with Gasteiger partial charge in [0, 0.05) is 16.7 Å². The molecule has 0 saturated carbocycles. The van der Waals surface area contributed by atoms with Gasteiger partial charge < -0.3 is 15.6 Å². The van der Waals surface area contributed by atoms with Crippen LogP contribution in [0.1, 0.15) is 5.56 Å². The second-order valence-corrected chi connectivity index (χ2v) is 7.38. The first-order valence-electron chi connectivity index (χ1n) is 6.14. The SMILES string of the molecule is Cc1cc(Br)c(N)cc1S(=O)(=O)N1CCOCC1CO. The fourth-order valence-electron chi connectivity index (χ4n) is 2.17. The van der Waals surface area contributed by atoms with Crippen LogP contribution in [0.15, 0.2) is 21.5 Å². The number of aliphatic hydroxyl groups is 1. The van der Waals surface area contributed by atoms with Gasteiger partial charge in [0.25, 0.3) is 0 Å². The molecule has 8 heteroatoms. The normalized spacial score (nSPS) is 21.1. The Labute approximate surface area is 126 Å². The number of hydrogen-bond donors (Lipinski definition) is 2. The largest absolute Gasteiger partial charge is 0.398 e. The maximum Gasteiger partial charge on any atom is 0.243 e. The van der Waals surface area contributed by atoms with Gasteiger partial charge >= 0.3 is 0 Å². The minimum Gasteiger partial charge on any atom is -0.398 e. The lowest BCUT2D eigenvalue weighted by atomic mass is 10.2. The number of nitrogens with zero attached hydrogens (tertiary/aromatic N) is 1. The third-order valence-corrected chi connectivity index (χ3v) is 6.05. The van der Waals surface area contributed by atoms with Crippen molar-refractivity contribution in [2.45, 2.75) is 17.9 Å². The summed E-state index contributed by atoms with van der Waals surface area (Å²) in [5, 5.41) is 9.32. The van der Waals surface area contributed by atoms with Crippen molar-refractivity contribution in [3.63, 3.8) is 0 Å². The zero-order valence-electron chi connectivity index (χ0n) is 11.0. The first kappa shape index (κ1) is 15.7. The molecule has 0 aromatic heterocycles. The van der Waals surface area contributed by atoms with Gasteiger partial charge in [0.05, 0.1) is 30.8 Å². The van der Waals surface area contributed by atoms with Crippen LogP contribution in [0.2, 0.25) is 0 Å². The van der Waals surface area contributed by atoms with E-state index in [2.05, 4.69) is 15.9 Å². The van der Waals surface area contributed by atoms with Crippen molar-refractivity contribution in [3.8, 4) is 0 Å². The third-order valence-electron chi connectivity index (χ3n) is 3.27. The van der Waals surface area contributed by atoms with Crippen molar-refractivity contribution >= 4 is 31.6 Å². The van der Waals surface area contributed by atoms with Gasteiger partial charge in [-0.25, -0.2) is 8.42 Å². The smallest absolute Gasteiger partial charge is 0.243 e. The Hall–Kier alpha value is -0.670. The Bertz CT molecular complexity index is 606. The molecule has 6 nitrogen and oxygen atoms in total. The molecule has 0 aliphatic carbocycles. The maximum atomic E-state index is 12.7. The Morgan fingerprint density at radius 3 is 2.90 bits per heavy atom. The number of hydrogen-bond acceptors (Lipinski definition) is 5. The lowest BCUT2D eigenvalue weighted by molar-refractivity contribution is 0.0109. The summed E-state index contributed by atoms with van der Waals surface area (Å²) in [5.74, 6) is 0. The van der Waals surface area contributed by atoms with Crippen LogP contribution < -0.4 is 5.73 Å². The second kappa shape index (κ2) is 5.98. The number of morpholine rings is 1. The Balaban J connectivity index is 2.46. The Morgan fingerprint density at radius 1 is 1.55 bits per heavy atom. The van der Waals surface area contributed by atoms with Gasteiger partial charge in [-0.3, -0.25) is 0 Å². The topological polar surface area (TPSA) is 92.9 Å². The van der Waals surface area contributed by atoms with Gasteiger partial charge in [0.1, 0.15) is 0 Å². The van der Waals surface area contributed by atoms with Gasteiger partial charge in [-0.1, -0.05) is 0 Å². The van der Waals surface area contributed by atoms with Crippen molar-refractivity contribution in [3.05, 3.63) is 22.2 Å². The molecule has 1 fully saturated rings. The Kier molecular flexibility index (Phi) is 4.70. The van der Waals surface area contributed by atoms with Gasteiger partial charge in [-0.2, -0.15) is 4.31 Å². The summed E-state index contributed by atoms with van der Waals surface area (Å²) in [6, 6.07) is 2.56. The maximum absolute atomic E-state index is 12.7. The number of aliphatic hydroxyl groups excluding tert-OH is 1. The first-order chi connectivity index (χ1) is 9.37. The number of nitrogens with two attached hydrogens (primary N) is 1. The molecule has 1 atom stereocenters. The fourth-order valence-corrected chi connectivity index (χ4v) is 4.46. The van der Waals surface area contributed by atoms with E-state index in [0.717, 1.165) is 0 Å². The number of benzene rings is 1. The van der Waals surface area contributed by atoms with Crippen LogP contribution >= 0.6 is 15.9 Å². The lowest BCUT2D eigenvalue weighted by Crippen LogP contribution is -2.50. The quantitative estimate of drug-likeness (QED) is 0.770. The van der Waals surface area contributed by atoms with E-state index < -0.39 is 16.1 Å². The highest BCUT2D eigenvalue weighted by Gasteiger charge is 2.34. The van der Waals surface area contributed by atoms with E-state index in [9.17, 15) is 13.5 Å². The molecule has 1 aromatic rings. The number of aryl methyl sites for hydroxylation is 1. The highest BCUT2D eigenvalue weighted by Crippen LogP contribution is 2.29. The molecule has 0 radical (unpaired) electrons. The monoisotopic (exact) mass is 364 g/mol. The molecule has 0 spiro atoms. The highest BCUT2D eigenvalue weighted by atomic mass is 79.9. The summed E-state index contributed by atoms with van der Waals surface area (Å²) >= 11 is 3.28. The highest BCUT2D eigenvalue weighted by molar-refractivity contribution is 9.10. The molecule has 1 aromatic carbocycles. The number of halogens is 1. The van der Waals surface area contributed by atoms with Crippen molar-refractivity contribution < 1.29 is 18.3 Å². The first-order valence-corrected chi connectivity index (χ1v) is 8.37. The number of sulfonamides is 1. The predicted octanol–water partition coefficient (Wildman–Crippen LogP) is 0.722. The van der Waals surface area contributed by atoms with E-state index in [1.807, 2.05) is 0 Å². The summed E-state index contributed by atoms with van der Waals surface area (Å²) in [6.07, 6.45) is 0. The second-order valence-electron chi connectivity index (χ2n) is 4.67. The van der Waals surface area contributed by atoms with Crippen LogP contribution in [-0.4, -0.2) is 50.2 Å². The van der Waals surface area contributed by atoms with Gasteiger partial charge in [-0.05, 0) is 40.5 Å². The van der Waals surface area contributed by atoms with E-state index in [4.69, 9.17) is 10.5 Å². The van der Waals surface area contributed by atoms with E-state index >= 15 is 0 Å².